The average molecular weight is 497 g/mol. The minimum absolute atomic E-state index is 1.01. The van der Waals surface area contributed by atoms with E-state index in [9.17, 15) is 0 Å². The molecule has 0 fully saturated rings. The Balaban J connectivity index is 1.87. The highest BCUT2D eigenvalue weighted by Crippen LogP contribution is 2.56. The first-order chi connectivity index (χ1) is 16.7. The normalized spacial score (nSPS) is 11.5. The molecule has 0 aliphatic rings. The minimum atomic E-state index is -2.20. The summed E-state index contributed by atoms with van der Waals surface area (Å²) in [6.07, 6.45) is 0. The van der Waals surface area contributed by atoms with Gasteiger partial charge >= 0.3 is 0 Å². The summed E-state index contributed by atoms with van der Waals surface area (Å²) < 4.78 is 1.32. The van der Waals surface area contributed by atoms with Gasteiger partial charge in [0.05, 0.1) is 0 Å². The highest BCUT2D eigenvalue weighted by Gasteiger charge is 2.51. The average Bonchev–Trinajstić information content (AvgIpc) is 3.31. The largest absolute Gasteiger partial charge is 0.223 e. The fourth-order valence-electron chi connectivity index (χ4n) is 4.32. The van der Waals surface area contributed by atoms with Crippen LogP contribution < -0.4 is 21.3 Å². The Morgan fingerprint density at radius 3 is 1.59 bits per heavy atom. The molecule has 0 aliphatic carbocycles. The maximum Gasteiger partial charge on any atom is 0.223 e. The van der Waals surface area contributed by atoms with Gasteiger partial charge in [0.15, 0.2) is 7.26 Å². The lowest BCUT2D eigenvalue weighted by molar-refractivity contribution is 1.41. The molecule has 0 amide bonds. The second-order valence-electron chi connectivity index (χ2n) is 8.11. The van der Waals surface area contributed by atoms with Crippen LogP contribution in [-0.4, -0.2) is 10.7 Å². The van der Waals surface area contributed by atoms with Gasteiger partial charge in [-0.05, 0) is 49.1 Å². The Morgan fingerprint density at radius 2 is 1.15 bits per heavy atom. The van der Waals surface area contributed by atoms with Gasteiger partial charge in [-0.15, -0.1) is 23.1 Å². The molecule has 4 heteroatoms. The summed E-state index contributed by atoms with van der Waals surface area (Å²) >= 11 is 3.75. The van der Waals surface area contributed by atoms with Crippen LogP contribution in [0.1, 0.15) is 12.5 Å². The van der Waals surface area contributed by atoms with E-state index in [1.54, 1.807) is 0 Å². The lowest BCUT2D eigenvalue weighted by atomic mass is 10.2. The van der Waals surface area contributed by atoms with Crippen molar-refractivity contribution in [3.8, 4) is 10.6 Å². The number of hydrogen-bond acceptors (Lipinski definition) is 3. The van der Waals surface area contributed by atoms with Crippen LogP contribution in [0.3, 0.4) is 0 Å². The zero-order valence-corrected chi connectivity index (χ0v) is 21.9. The molecule has 5 aromatic rings. The molecule has 34 heavy (non-hydrogen) atoms. The summed E-state index contributed by atoms with van der Waals surface area (Å²) in [6, 6.07) is 41.8. The standard InChI is InChI=1S/C30H27NPS2/c1-3-33-30-28(31-29(34-30)24-21-19-23(2)20-22-24)32(25-13-7-4-8-14-25,26-15-9-5-10-16-26)27-17-11-6-12-18-27/h4-22H,3H2,1-2H3/q+1. The molecule has 0 saturated carbocycles. The number of nitrogens with zero attached hydrogens (tertiary/aromatic N) is 1. The lowest BCUT2D eigenvalue weighted by Gasteiger charge is -2.26. The van der Waals surface area contributed by atoms with Crippen molar-refractivity contribution in [1.29, 1.82) is 0 Å². The second kappa shape index (κ2) is 10.3. The summed E-state index contributed by atoms with van der Waals surface area (Å²) in [5.74, 6) is 1.01. The molecule has 0 N–H and O–H groups in total. The molecule has 168 valence electrons. The first kappa shape index (κ1) is 23.1. The molecule has 0 radical (unpaired) electrons. The summed E-state index contributed by atoms with van der Waals surface area (Å²) in [7, 11) is -2.20. The van der Waals surface area contributed by atoms with Gasteiger partial charge in [0.25, 0.3) is 0 Å². The van der Waals surface area contributed by atoms with E-state index >= 15 is 0 Å². The predicted octanol–water partition coefficient (Wildman–Crippen LogP) is 6.85. The molecule has 0 unspecified atom stereocenters. The molecule has 5 rings (SSSR count). The monoisotopic (exact) mass is 496 g/mol. The second-order valence-corrected chi connectivity index (χ2v) is 14.0. The predicted molar refractivity (Wildman–Crippen MR) is 153 cm³/mol. The molecular weight excluding hydrogens is 469 g/mol. The molecule has 0 bridgehead atoms. The zero-order chi connectivity index (χ0) is 23.4. The van der Waals surface area contributed by atoms with Gasteiger partial charge in [0.2, 0.25) is 5.44 Å². The first-order valence-electron chi connectivity index (χ1n) is 11.5. The topological polar surface area (TPSA) is 12.9 Å². The van der Waals surface area contributed by atoms with E-state index in [-0.39, 0.29) is 0 Å². The molecule has 1 aromatic heterocycles. The van der Waals surface area contributed by atoms with Gasteiger partial charge in [-0.3, -0.25) is 0 Å². The smallest absolute Gasteiger partial charge is 0.200 e. The number of rotatable bonds is 7. The molecule has 0 saturated heterocycles. The lowest BCUT2D eigenvalue weighted by Crippen LogP contribution is -2.39. The van der Waals surface area contributed by atoms with Crippen LogP contribution >= 0.6 is 30.4 Å². The van der Waals surface area contributed by atoms with E-state index in [2.05, 4.69) is 129 Å². The van der Waals surface area contributed by atoms with Crippen LogP contribution in [0.15, 0.2) is 119 Å². The quantitative estimate of drug-likeness (QED) is 0.181. The fourth-order valence-corrected chi connectivity index (χ4v) is 11.5. The number of benzene rings is 4. The van der Waals surface area contributed by atoms with Gasteiger partial charge in [0.1, 0.15) is 25.1 Å². The van der Waals surface area contributed by atoms with Crippen molar-refractivity contribution >= 4 is 51.7 Å². The van der Waals surface area contributed by atoms with Crippen molar-refractivity contribution in [2.45, 2.75) is 18.1 Å². The molecule has 0 aliphatic heterocycles. The highest BCUT2D eigenvalue weighted by atomic mass is 32.2. The van der Waals surface area contributed by atoms with E-state index in [0.717, 1.165) is 10.8 Å². The molecule has 4 aromatic carbocycles. The van der Waals surface area contributed by atoms with E-state index in [4.69, 9.17) is 4.98 Å². The first-order valence-corrected chi connectivity index (χ1v) is 15.1. The Labute approximate surface area is 211 Å². The van der Waals surface area contributed by atoms with Gasteiger partial charge in [0, 0.05) is 5.56 Å². The van der Waals surface area contributed by atoms with Crippen LogP contribution in [0.25, 0.3) is 10.6 Å². The highest BCUT2D eigenvalue weighted by molar-refractivity contribution is 8.05. The maximum absolute atomic E-state index is 5.48. The van der Waals surface area contributed by atoms with Gasteiger partial charge in [-0.2, -0.15) is 4.98 Å². The van der Waals surface area contributed by atoms with Crippen molar-refractivity contribution in [1.82, 2.24) is 4.98 Å². The van der Waals surface area contributed by atoms with E-state index < -0.39 is 7.26 Å². The van der Waals surface area contributed by atoms with Crippen molar-refractivity contribution < 1.29 is 0 Å². The Bertz CT molecular complexity index is 1250. The van der Waals surface area contributed by atoms with Crippen LogP contribution in [0.5, 0.6) is 0 Å². The summed E-state index contributed by atoms with van der Waals surface area (Å²) in [6.45, 7) is 4.36. The van der Waals surface area contributed by atoms with Crippen molar-refractivity contribution in [2.24, 2.45) is 0 Å². The van der Waals surface area contributed by atoms with Crippen molar-refractivity contribution in [3.63, 3.8) is 0 Å². The molecular formula is C30H27NPS2+. The van der Waals surface area contributed by atoms with E-state index in [0.29, 0.717) is 0 Å². The van der Waals surface area contributed by atoms with Crippen LogP contribution in [0.2, 0.25) is 0 Å². The summed E-state index contributed by atoms with van der Waals surface area (Å²) in [5.41, 5.74) is 3.68. The third-order valence-corrected chi connectivity index (χ3v) is 12.6. The number of aryl methyl sites for hydroxylation is 1. The minimum Gasteiger partial charge on any atom is -0.200 e. The van der Waals surface area contributed by atoms with Crippen LogP contribution in [0.4, 0.5) is 0 Å². The maximum atomic E-state index is 5.48. The van der Waals surface area contributed by atoms with Gasteiger partial charge < -0.3 is 0 Å². The SMILES string of the molecule is CCSc1sc(-c2ccc(C)cc2)nc1[P+](c1ccccc1)(c1ccccc1)c1ccccc1. The van der Waals surface area contributed by atoms with Crippen LogP contribution in [-0.2, 0) is 0 Å². The molecule has 0 spiro atoms. The molecule has 1 nitrogen and oxygen atoms in total. The summed E-state index contributed by atoms with van der Waals surface area (Å²) in [4.78, 5) is 5.48. The van der Waals surface area contributed by atoms with Crippen molar-refractivity contribution in [2.75, 3.05) is 5.75 Å². The number of thiazole rings is 1. The summed E-state index contributed by atoms with van der Waals surface area (Å²) in [5, 5.41) is 5.11. The van der Waals surface area contributed by atoms with E-state index in [1.165, 1.54) is 36.7 Å². The number of thioether (sulfide) groups is 1. The zero-order valence-electron chi connectivity index (χ0n) is 19.4. The third-order valence-electron chi connectivity index (χ3n) is 5.90. The number of hydrogen-bond donors (Lipinski definition) is 0. The molecule has 0 atom stereocenters. The Morgan fingerprint density at radius 1 is 0.676 bits per heavy atom. The molecule has 1 heterocycles. The van der Waals surface area contributed by atoms with Gasteiger partial charge in [-0.1, -0.05) is 91.3 Å². The van der Waals surface area contributed by atoms with E-state index in [1.807, 2.05) is 23.1 Å². The van der Waals surface area contributed by atoms with Crippen molar-refractivity contribution in [3.05, 3.63) is 121 Å². The Kier molecular flexibility index (Phi) is 6.97. The Hall–Kier alpha value is -2.71. The fraction of sp³-hybridized carbons (Fsp3) is 0.100. The van der Waals surface area contributed by atoms with Gasteiger partial charge in [-0.25, -0.2) is 0 Å². The third kappa shape index (κ3) is 4.25. The number of aromatic nitrogens is 1. The van der Waals surface area contributed by atoms with Crippen LogP contribution in [0, 0.1) is 6.92 Å².